The first kappa shape index (κ1) is 23.2. The van der Waals surface area contributed by atoms with Gasteiger partial charge in [0.05, 0.1) is 6.61 Å². The maximum atomic E-state index is 12.2. The highest BCUT2D eigenvalue weighted by Crippen LogP contribution is 2.38. The van der Waals surface area contributed by atoms with Crippen molar-refractivity contribution in [3.05, 3.63) is 81.8 Å². The van der Waals surface area contributed by atoms with E-state index in [2.05, 4.69) is 16.9 Å². The van der Waals surface area contributed by atoms with Crippen LogP contribution in [0.4, 0.5) is 0 Å². The van der Waals surface area contributed by atoms with Crippen molar-refractivity contribution in [3.63, 3.8) is 0 Å². The Hall–Kier alpha value is -2.94. The van der Waals surface area contributed by atoms with Crippen molar-refractivity contribution in [2.24, 2.45) is 7.05 Å². The largest absolute Gasteiger partial charge is 0.760 e. The van der Waals surface area contributed by atoms with Gasteiger partial charge in [0.15, 0.2) is 0 Å². The average molecular weight is 468 g/mol. The molecule has 2 aromatic carbocycles. The van der Waals surface area contributed by atoms with Crippen LogP contribution in [0.3, 0.4) is 0 Å². The fourth-order valence-corrected chi connectivity index (χ4v) is 4.46. The number of fused-ring (bicyclic) bond motifs is 1. The molecule has 8 heteroatoms. The summed E-state index contributed by atoms with van der Waals surface area (Å²) in [7, 11) is 1.70. The Morgan fingerprint density at radius 2 is 1.82 bits per heavy atom. The molecule has 3 aromatic rings. The van der Waals surface area contributed by atoms with Crippen LogP contribution in [0.5, 0.6) is 11.5 Å². The maximum absolute atomic E-state index is 12.2. The number of pyridine rings is 1. The van der Waals surface area contributed by atoms with E-state index in [0.717, 1.165) is 29.5 Å². The highest BCUT2D eigenvalue weighted by atomic mass is 32.2. The number of aryl methyl sites for hydroxylation is 1. The van der Waals surface area contributed by atoms with Crippen LogP contribution in [-0.2, 0) is 37.6 Å². The molecule has 1 heterocycles. The van der Waals surface area contributed by atoms with Crippen LogP contribution in [0.25, 0.3) is 11.1 Å². The Morgan fingerprint density at radius 3 is 2.48 bits per heavy atom. The standard InChI is InChI=1S/C25H28N2O5S/c1-3-31-24-15-25(28)27(2)16-22(24)21-12-17(10-11-26-33(29)30)8-9-23(21)32-20-13-18-6-4-5-7-19(18)14-20/h4-9,12,15-16,20,26H,3,10-11,13-14H2,1-2H3,(H,29,30)/p-1. The van der Waals surface area contributed by atoms with Gasteiger partial charge in [0.1, 0.15) is 17.6 Å². The van der Waals surface area contributed by atoms with Crippen LogP contribution < -0.4 is 19.8 Å². The SMILES string of the molecule is CCOc1cc(=O)n(C)cc1-c1cc(CCNS(=O)[O-])ccc1OC1Cc2ccccc2C1. The van der Waals surface area contributed by atoms with Crippen molar-refractivity contribution >= 4 is 11.3 Å². The number of rotatable bonds is 9. The first-order valence-electron chi connectivity index (χ1n) is 11.0. The molecule has 33 heavy (non-hydrogen) atoms. The third kappa shape index (κ3) is 5.52. The quantitative estimate of drug-likeness (QED) is 0.489. The molecule has 0 saturated heterocycles. The van der Waals surface area contributed by atoms with Gasteiger partial charge >= 0.3 is 0 Å². The van der Waals surface area contributed by atoms with Gasteiger partial charge in [-0.3, -0.25) is 9.00 Å². The third-order valence-corrected chi connectivity index (χ3v) is 6.20. The van der Waals surface area contributed by atoms with Crippen molar-refractivity contribution in [3.8, 4) is 22.6 Å². The summed E-state index contributed by atoms with van der Waals surface area (Å²) in [4.78, 5) is 12.2. The van der Waals surface area contributed by atoms with E-state index in [-0.39, 0.29) is 11.7 Å². The normalized spacial score (nSPS) is 14.2. The summed E-state index contributed by atoms with van der Waals surface area (Å²) in [6.07, 6.45) is 3.96. The number of nitrogens with one attached hydrogen (secondary N) is 1. The smallest absolute Gasteiger partial charge is 0.254 e. The van der Waals surface area contributed by atoms with Crippen molar-refractivity contribution in [2.45, 2.75) is 32.3 Å². The number of benzene rings is 2. The topological polar surface area (TPSA) is 92.6 Å². The lowest BCUT2D eigenvalue weighted by molar-refractivity contribution is 0.214. The van der Waals surface area contributed by atoms with Crippen molar-refractivity contribution < 1.29 is 18.2 Å². The van der Waals surface area contributed by atoms with Gasteiger partial charge in [-0.15, -0.1) is 0 Å². The second kappa shape index (κ2) is 10.3. The first-order valence-corrected chi connectivity index (χ1v) is 12.0. The zero-order valence-corrected chi connectivity index (χ0v) is 19.5. The zero-order chi connectivity index (χ0) is 23.4. The van der Waals surface area contributed by atoms with Crippen LogP contribution in [0.15, 0.2) is 59.5 Å². The van der Waals surface area contributed by atoms with Gasteiger partial charge in [-0.1, -0.05) is 30.3 Å². The molecule has 0 fully saturated rings. The highest BCUT2D eigenvalue weighted by Gasteiger charge is 2.24. The van der Waals surface area contributed by atoms with Crippen LogP contribution in [0.1, 0.15) is 23.6 Å². The molecular weight excluding hydrogens is 440 g/mol. The molecule has 1 N–H and O–H groups in total. The summed E-state index contributed by atoms with van der Waals surface area (Å²) >= 11 is -2.30. The number of nitrogens with zero attached hydrogens (tertiary/aromatic N) is 1. The van der Waals surface area contributed by atoms with Crippen molar-refractivity contribution in [1.82, 2.24) is 9.29 Å². The number of hydrogen-bond acceptors (Lipinski definition) is 5. The van der Waals surface area contributed by atoms with E-state index in [1.807, 2.05) is 37.3 Å². The maximum Gasteiger partial charge on any atom is 0.254 e. The van der Waals surface area contributed by atoms with Gasteiger partial charge in [-0.05, 0) is 42.2 Å². The average Bonchev–Trinajstić information content (AvgIpc) is 3.19. The molecule has 1 aromatic heterocycles. The summed E-state index contributed by atoms with van der Waals surface area (Å²) in [6, 6.07) is 15.7. The number of ether oxygens (including phenoxy) is 2. The lowest BCUT2D eigenvalue weighted by Crippen LogP contribution is -2.20. The minimum atomic E-state index is -2.30. The fraction of sp³-hybridized carbons (Fsp3) is 0.320. The van der Waals surface area contributed by atoms with E-state index in [0.29, 0.717) is 31.1 Å². The van der Waals surface area contributed by atoms with Gasteiger partial charge in [-0.2, -0.15) is 0 Å². The van der Waals surface area contributed by atoms with Gasteiger partial charge in [0, 0.05) is 61.1 Å². The van der Waals surface area contributed by atoms with E-state index >= 15 is 0 Å². The van der Waals surface area contributed by atoms with Crippen LogP contribution in [0.2, 0.25) is 0 Å². The molecule has 1 aliphatic rings. The minimum absolute atomic E-state index is 0.0135. The molecule has 0 aliphatic heterocycles. The van der Waals surface area contributed by atoms with Crippen LogP contribution >= 0.6 is 0 Å². The fourth-order valence-electron chi connectivity index (χ4n) is 4.20. The van der Waals surface area contributed by atoms with Gasteiger partial charge in [0.25, 0.3) is 5.56 Å². The number of aromatic nitrogens is 1. The Balaban J connectivity index is 1.70. The highest BCUT2D eigenvalue weighted by molar-refractivity contribution is 7.77. The van der Waals surface area contributed by atoms with Gasteiger partial charge in [-0.25, -0.2) is 4.72 Å². The van der Waals surface area contributed by atoms with E-state index in [1.54, 1.807) is 13.2 Å². The lowest BCUT2D eigenvalue weighted by Gasteiger charge is -2.20. The summed E-state index contributed by atoms with van der Waals surface area (Å²) in [5.41, 5.74) is 4.96. The monoisotopic (exact) mass is 467 g/mol. The zero-order valence-electron chi connectivity index (χ0n) is 18.7. The van der Waals surface area contributed by atoms with Crippen LogP contribution in [-0.4, -0.2) is 32.6 Å². The molecule has 7 nitrogen and oxygen atoms in total. The van der Waals surface area contributed by atoms with Crippen LogP contribution in [0, 0.1) is 0 Å². The van der Waals surface area contributed by atoms with Gasteiger partial charge < -0.3 is 18.6 Å². The predicted octanol–water partition coefficient (Wildman–Crippen LogP) is 2.92. The summed E-state index contributed by atoms with van der Waals surface area (Å²) < 4.78 is 37.8. The van der Waals surface area contributed by atoms with Gasteiger partial charge in [0.2, 0.25) is 0 Å². The Bertz CT molecular complexity index is 1200. The molecule has 1 aliphatic carbocycles. The molecule has 0 radical (unpaired) electrons. The Morgan fingerprint density at radius 1 is 1.09 bits per heavy atom. The predicted molar refractivity (Wildman–Crippen MR) is 127 cm³/mol. The minimum Gasteiger partial charge on any atom is -0.760 e. The van der Waals surface area contributed by atoms with E-state index < -0.39 is 11.3 Å². The second-order valence-electron chi connectivity index (χ2n) is 8.06. The third-order valence-electron chi connectivity index (χ3n) is 5.77. The van der Waals surface area contributed by atoms with Crippen molar-refractivity contribution in [2.75, 3.05) is 13.2 Å². The van der Waals surface area contributed by atoms with E-state index in [1.165, 1.54) is 21.8 Å². The summed E-state index contributed by atoms with van der Waals surface area (Å²) in [5.74, 6) is 1.20. The Labute approximate surface area is 195 Å². The summed E-state index contributed by atoms with van der Waals surface area (Å²) in [6.45, 7) is 2.59. The molecule has 4 rings (SSSR count). The second-order valence-corrected chi connectivity index (χ2v) is 8.82. The molecule has 0 bridgehead atoms. The Kier molecular flexibility index (Phi) is 7.27. The summed E-state index contributed by atoms with van der Waals surface area (Å²) in [5, 5.41) is 0. The lowest BCUT2D eigenvalue weighted by atomic mass is 10.0. The molecule has 0 saturated carbocycles. The number of hydrogen-bond donors (Lipinski definition) is 1. The molecule has 1 atom stereocenters. The molecular formula is C25H27N2O5S-. The van der Waals surface area contributed by atoms with E-state index in [4.69, 9.17) is 9.47 Å². The first-order chi connectivity index (χ1) is 15.9. The van der Waals surface area contributed by atoms with E-state index in [9.17, 15) is 13.6 Å². The molecule has 1 unspecified atom stereocenters. The molecule has 0 amide bonds. The van der Waals surface area contributed by atoms with Crippen molar-refractivity contribution in [1.29, 1.82) is 0 Å². The molecule has 0 spiro atoms. The molecule has 174 valence electrons.